The average Bonchev–Trinajstić information content (AvgIpc) is 3.12. The number of carbonyl (C=O) groups excluding carboxylic acids is 1. The molecule has 2 aliphatic heterocycles. The molecular formula is C19H23N5O3. The molecule has 2 aliphatic rings. The van der Waals surface area contributed by atoms with Gasteiger partial charge in [-0.2, -0.15) is 4.98 Å². The zero-order chi connectivity index (χ0) is 19.0. The van der Waals surface area contributed by atoms with Crippen molar-refractivity contribution in [1.29, 1.82) is 0 Å². The molecule has 2 aromatic heterocycles. The molecule has 4 rings (SSSR count). The standard InChI is InChI=1S/C19H23N5O3/c1-13-17(24-10-3-6-15(24)21-18(13)26)14-5-2-8-22(11-14)16(25)12-23-9-4-7-20-19(23)27/h4,7,9,14H,2-3,5-6,8,10-12H2,1H3/t14-/m0/s1. The van der Waals surface area contributed by atoms with Crippen molar-refractivity contribution in [2.24, 2.45) is 0 Å². The van der Waals surface area contributed by atoms with Gasteiger partial charge >= 0.3 is 5.69 Å². The molecule has 8 nitrogen and oxygen atoms in total. The zero-order valence-electron chi connectivity index (χ0n) is 15.4. The molecule has 0 N–H and O–H groups in total. The summed E-state index contributed by atoms with van der Waals surface area (Å²) in [6, 6.07) is 1.64. The first kappa shape index (κ1) is 17.6. The van der Waals surface area contributed by atoms with Gasteiger partial charge in [0.15, 0.2) is 0 Å². The van der Waals surface area contributed by atoms with Crippen LogP contribution in [0.3, 0.4) is 0 Å². The molecule has 0 bridgehead atoms. The number of hydrogen-bond donors (Lipinski definition) is 0. The molecular weight excluding hydrogens is 346 g/mol. The number of likely N-dealkylation sites (tertiary alicyclic amines) is 1. The SMILES string of the molecule is Cc1c([C@H]2CCCN(C(=O)Cn3cccnc3=O)C2)n2c(nc1=O)CCC2. The first-order valence-electron chi connectivity index (χ1n) is 9.44. The molecule has 0 aromatic carbocycles. The third-order valence-electron chi connectivity index (χ3n) is 5.57. The molecule has 0 unspecified atom stereocenters. The van der Waals surface area contributed by atoms with E-state index in [0.717, 1.165) is 43.7 Å². The molecule has 0 radical (unpaired) electrons. The van der Waals surface area contributed by atoms with Gasteiger partial charge in [-0.15, -0.1) is 0 Å². The highest BCUT2D eigenvalue weighted by molar-refractivity contribution is 5.76. The summed E-state index contributed by atoms with van der Waals surface area (Å²) >= 11 is 0. The number of aryl methyl sites for hydroxylation is 1. The summed E-state index contributed by atoms with van der Waals surface area (Å²) in [4.78, 5) is 46.5. The molecule has 1 saturated heterocycles. The third kappa shape index (κ3) is 3.31. The average molecular weight is 369 g/mol. The highest BCUT2D eigenvalue weighted by atomic mass is 16.2. The van der Waals surface area contributed by atoms with Crippen molar-refractivity contribution < 1.29 is 4.79 Å². The number of carbonyl (C=O) groups is 1. The monoisotopic (exact) mass is 369 g/mol. The number of aromatic nitrogens is 4. The topological polar surface area (TPSA) is 90.1 Å². The van der Waals surface area contributed by atoms with Gasteiger partial charge in [0.1, 0.15) is 12.4 Å². The molecule has 142 valence electrons. The highest BCUT2D eigenvalue weighted by Crippen LogP contribution is 2.30. The molecule has 0 aliphatic carbocycles. The molecule has 1 atom stereocenters. The number of hydrogen-bond acceptors (Lipinski definition) is 5. The summed E-state index contributed by atoms with van der Waals surface area (Å²) in [6.45, 7) is 3.95. The second-order valence-corrected chi connectivity index (χ2v) is 7.31. The zero-order valence-corrected chi connectivity index (χ0v) is 15.4. The van der Waals surface area contributed by atoms with E-state index >= 15 is 0 Å². The highest BCUT2D eigenvalue weighted by Gasteiger charge is 2.30. The molecule has 8 heteroatoms. The van der Waals surface area contributed by atoms with Crippen molar-refractivity contribution in [3.05, 3.63) is 56.4 Å². The van der Waals surface area contributed by atoms with E-state index in [9.17, 15) is 14.4 Å². The van der Waals surface area contributed by atoms with Crippen molar-refractivity contribution in [2.45, 2.75) is 51.6 Å². The van der Waals surface area contributed by atoms with Crippen LogP contribution in [-0.2, 0) is 24.3 Å². The van der Waals surface area contributed by atoms with E-state index in [4.69, 9.17) is 0 Å². The van der Waals surface area contributed by atoms with Gasteiger partial charge in [-0.25, -0.2) is 9.78 Å². The minimum atomic E-state index is -0.422. The molecule has 27 heavy (non-hydrogen) atoms. The van der Waals surface area contributed by atoms with Gasteiger partial charge in [-0.3, -0.25) is 14.2 Å². The predicted octanol–water partition coefficient (Wildman–Crippen LogP) is 0.461. The lowest BCUT2D eigenvalue weighted by Crippen LogP contribution is -2.43. The van der Waals surface area contributed by atoms with Crippen LogP contribution in [0.5, 0.6) is 0 Å². The Balaban J connectivity index is 1.57. The van der Waals surface area contributed by atoms with Crippen molar-refractivity contribution >= 4 is 5.91 Å². The predicted molar refractivity (Wildman–Crippen MR) is 98.6 cm³/mol. The van der Waals surface area contributed by atoms with E-state index in [2.05, 4.69) is 14.5 Å². The Bertz CT molecular complexity index is 994. The van der Waals surface area contributed by atoms with Crippen molar-refractivity contribution in [3.8, 4) is 0 Å². The van der Waals surface area contributed by atoms with Gasteiger partial charge in [0.2, 0.25) is 5.91 Å². The Hall–Kier alpha value is -2.77. The molecule has 0 spiro atoms. The summed E-state index contributed by atoms with van der Waals surface area (Å²) in [5.74, 6) is 0.900. The van der Waals surface area contributed by atoms with Crippen LogP contribution in [0, 0.1) is 6.92 Å². The molecule has 2 aromatic rings. The number of rotatable bonds is 3. The smallest absolute Gasteiger partial charge is 0.340 e. The van der Waals surface area contributed by atoms with E-state index in [-0.39, 0.29) is 23.9 Å². The largest absolute Gasteiger partial charge is 0.347 e. The fourth-order valence-corrected chi connectivity index (χ4v) is 4.25. The van der Waals surface area contributed by atoms with E-state index in [1.807, 2.05) is 6.92 Å². The minimum absolute atomic E-state index is 0.00717. The summed E-state index contributed by atoms with van der Waals surface area (Å²) < 4.78 is 3.51. The Morgan fingerprint density at radius 3 is 2.93 bits per heavy atom. The second kappa shape index (κ2) is 7.09. The van der Waals surface area contributed by atoms with Gasteiger partial charge in [0, 0.05) is 55.6 Å². The lowest BCUT2D eigenvalue weighted by atomic mass is 9.91. The maximum atomic E-state index is 12.7. The molecule has 1 fully saturated rings. The maximum absolute atomic E-state index is 12.7. The van der Waals surface area contributed by atoms with Gasteiger partial charge < -0.3 is 9.47 Å². The summed E-state index contributed by atoms with van der Waals surface area (Å²) in [7, 11) is 0. The van der Waals surface area contributed by atoms with E-state index in [0.29, 0.717) is 18.7 Å². The Labute approximate surface area is 156 Å². The lowest BCUT2D eigenvalue weighted by molar-refractivity contribution is -0.133. The Morgan fingerprint density at radius 1 is 1.26 bits per heavy atom. The van der Waals surface area contributed by atoms with Crippen molar-refractivity contribution in [3.63, 3.8) is 0 Å². The Morgan fingerprint density at radius 2 is 2.11 bits per heavy atom. The molecule has 4 heterocycles. The van der Waals surface area contributed by atoms with Crippen LogP contribution in [0.15, 0.2) is 28.0 Å². The first-order valence-corrected chi connectivity index (χ1v) is 9.44. The number of nitrogens with zero attached hydrogens (tertiary/aromatic N) is 5. The van der Waals surface area contributed by atoms with Crippen LogP contribution in [0.25, 0.3) is 0 Å². The second-order valence-electron chi connectivity index (χ2n) is 7.31. The van der Waals surface area contributed by atoms with Crippen LogP contribution in [0.2, 0.25) is 0 Å². The van der Waals surface area contributed by atoms with Crippen LogP contribution >= 0.6 is 0 Å². The van der Waals surface area contributed by atoms with Gasteiger partial charge in [-0.1, -0.05) is 0 Å². The van der Waals surface area contributed by atoms with Crippen LogP contribution in [0.4, 0.5) is 0 Å². The van der Waals surface area contributed by atoms with Gasteiger partial charge in [-0.05, 0) is 32.3 Å². The quantitative estimate of drug-likeness (QED) is 0.784. The fourth-order valence-electron chi connectivity index (χ4n) is 4.25. The van der Waals surface area contributed by atoms with Crippen LogP contribution < -0.4 is 11.2 Å². The van der Waals surface area contributed by atoms with Crippen LogP contribution in [0.1, 0.15) is 42.3 Å². The number of amides is 1. The van der Waals surface area contributed by atoms with Crippen LogP contribution in [-0.4, -0.2) is 43.0 Å². The molecule has 1 amide bonds. The fraction of sp³-hybridized carbons (Fsp3) is 0.526. The number of fused-ring (bicyclic) bond motifs is 1. The molecule has 0 saturated carbocycles. The summed E-state index contributed by atoms with van der Waals surface area (Å²) in [6.07, 6.45) is 6.66. The maximum Gasteiger partial charge on any atom is 0.347 e. The lowest BCUT2D eigenvalue weighted by Gasteiger charge is -2.34. The third-order valence-corrected chi connectivity index (χ3v) is 5.57. The summed E-state index contributed by atoms with van der Waals surface area (Å²) in [5.41, 5.74) is 1.17. The first-order chi connectivity index (χ1) is 13.0. The van der Waals surface area contributed by atoms with Gasteiger partial charge in [0.05, 0.1) is 0 Å². The van der Waals surface area contributed by atoms with Crippen molar-refractivity contribution in [1.82, 2.24) is 24.0 Å². The minimum Gasteiger partial charge on any atom is -0.340 e. The van der Waals surface area contributed by atoms with Gasteiger partial charge in [0.25, 0.3) is 5.56 Å². The van der Waals surface area contributed by atoms with Crippen molar-refractivity contribution in [2.75, 3.05) is 13.1 Å². The van der Waals surface area contributed by atoms with E-state index < -0.39 is 5.69 Å². The van der Waals surface area contributed by atoms with E-state index in [1.165, 1.54) is 10.8 Å². The van der Waals surface area contributed by atoms with E-state index in [1.54, 1.807) is 17.2 Å². The Kier molecular flexibility index (Phi) is 4.63. The number of piperidine rings is 1. The summed E-state index contributed by atoms with van der Waals surface area (Å²) in [5, 5.41) is 0. The normalized spacial score (nSPS) is 19.1.